The maximum atomic E-state index is 13.0. The Morgan fingerprint density at radius 1 is 1.25 bits per heavy atom. The Morgan fingerprint density at radius 3 is 2.69 bits per heavy atom. The van der Waals surface area contributed by atoms with Gasteiger partial charge in [0.15, 0.2) is 5.16 Å². The standard InChI is InChI=1S/C22H27Cl2N5O2S/c1-4-14(2)25-20(30)13-32-22-26-18(24)11-19(27-22)28-9-10-29(15(3)12-28)21(31)16-7-5-6-8-17(16)23/h5-8,11,14-15H,4,9-10,12-13H2,1-3H3,(H,25,30). The highest BCUT2D eigenvalue weighted by atomic mass is 35.5. The van der Waals surface area contributed by atoms with Gasteiger partial charge < -0.3 is 15.1 Å². The Morgan fingerprint density at radius 2 is 2.00 bits per heavy atom. The first-order chi connectivity index (χ1) is 15.3. The third-order valence-electron chi connectivity index (χ3n) is 5.33. The monoisotopic (exact) mass is 495 g/mol. The molecule has 3 rings (SSSR count). The van der Waals surface area contributed by atoms with E-state index in [0.29, 0.717) is 46.3 Å². The molecule has 1 aromatic heterocycles. The summed E-state index contributed by atoms with van der Waals surface area (Å²) < 4.78 is 0. The predicted molar refractivity (Wildman–Crippen MR) is 130 cm³/mol. The van der Waals surface area contributed by atoms with Gasteiger partial charge in [0, 0.05) is 37.8 Å². The molecule has 2 atom stereocenters. The Balaban J connectivity index is 1.65. The van der Waals surface area contributed by atoms with Crippen molar-refractivity contribution < 1.29 is 9.59 Å². The van der Waals surface area contributed by atoms with Crippen LogP contribution in [0.3, 0.4) is 0 Å². The maximum Gasteiger partial charge on any atom is 0.255 e. The van der Waals surface area contributed by atoms with Gasteiger partial charge in [-0.05, 0) is 32.4 Å². The van der Waals surface area contributed by atoms with Gasteiger partial charge in [-0.3, -0.25) is 9.59 Å². The van der Waals surface area contributed by atoms with E-state index in [1.54, 1.807) is 18.2 Å². The zero-order valence-corrected chi connectivity index (χ0v) is 20.7. The van der Waals surface area contributed by atoms with E-state index >= 15 is 0 Å². The first-order valence-corrected chi connectivity index (χ1v) is 12.3. The molecule has 0 bridgehead atoms. The van der Waals surface area contributed by atoms with E-state index in [2.05, 4.69) is 20.2 Å². The van der Waals surface area contributed by atoms with Crippen LogP contribution in [0.4, 0.5) is 5.82 Å². The molecule has 7 nitrogen and oxygen atoms in total. The summed E-state index contributed by atoms with van der Waals surface area (Å²) in [7, 11) is 0. The van der Waals surface area contributed by atoms with E-state index in [0.717, 1.165) is 6.42 Å². The van der Waals surface area contributed by atoms with Gasteiger partial charge in [0.25, 0.3) is 5.91 Å². The summed E-state index contributed by atoms with van der Waals surface area (Å²) in [5.74, 6) is 0.772. The number of nitrogens with one attached hydrogen (secondary N) is 1. The quantitative estimate of drug-likeness (QED) is 0.353. The number of aromatic nitrogens is 2. The minimum Gasteiger partial charge on any atom is -0.353 e. The van der Waals surface area contributed by atoms with Crippen molar-refractivity contribution in [1.29, 1.82) is 0 Å². The van der Waals surface area contributed by atoms with Gasteiger partial charge in [0.1, 0.15) is 11.0 Å². The van der Waals surface area contributed by atoms with Crippen LogP contribution in [0.5, 0.6) is 0 Å². The molecule has 2 heterocycles. The summed E-state index contributed by atoms with van der Waals surface area (Å²) in [6.45, 7) is 7.72. The number of thioether (sulfide) groups is 1. The Bertz CT molecular complexity index is 977. The molecule has 2 unspecified atom stereocenters. The molecule has 2 aromatic rings. The van der Waals surface area contributed by atoms with Gasteiger partial charge in [-0.15, -0.1) is 0 Å². The highest BCUT2D eigenvalue weighted by molar-refractivity contribution is 7.99. The SMILES string of the molecule is CCC(C)NC(=O)CSc1nc(Cl)cc(N2CCN(C(=O)c3ccccc3Cl)C(C)C2)n1. The van der Waals surface area contributed by atoms with Crippen molar-refractivity contribution >= 4 is 52.6 Å². The third kappa shape index (κ3) is 6.27. The zero-order valence-electron chi connectivity index (χ0n) is 18.3. The number of hydrogen-bond donors (Lipinski definition) is 1. The zero-order chi connectivity index (χ0) is 23.3. The molecule has 32 heavy (non-hydrogen) atoms. The van der Waals surface area contributed by atoms with Crippen molar-refractivity contribution in [1.82, 2.24) is 20.2 Å². The van der Waals surface area contributed by atoms with E-state index in [1.165, 1.54) is 11.8 Å². The molecule has 0 spiro atoms. The second-order valence-corrected chi connectivity index (χ2v) is 9.51. The molecule has 0 aliphatic carbocycles. The molecule has 1 aliphatic heterocycles. The number of carbonyl (C=O) groups excluding carboxylic acids is 2. The van der Waals surface area contributed by atoms with Crippen molar-refractivity contribution in [3.63, 3.8) is 0 Å². The number of rotatable bonds is 7. The lowest BCUT2D eigenvalue weighted by molar-refractivity contribution is -0.119. The van der Waals surface area contributed by atoms with Crippen LogP contribution < -0.4 is 10.2 Å². The molecule has 1 N–H and O–H groups in total. The highest BCUT2D eigenvalue weighted by Crippen LogP contribution is 2.25. The Hall–Kier alpha value is -2.03. The number of benzene rings is 1. The second-order valence-electron chi connectivity index (χ2n) is 7.77. The van der Waals surface area contributed by atoms with Gasteiger partial charge in [0.05, 0.1) is 16.3 Å². The van der Waals surface area contributed by atoms with Gasteiger partial charge in [-0.2, -0.15) is 0 Å². The van der Waals surface area contributed by atoms with Crippen LogP contribution in [0.1, 0.15) is 37.6 Å². The van der Waals surface area contributed by atoms with Crippen LogP contribution in [0, 0.1) is 0 Å². The lowest BCUT2D eigenvalue weighted by Crippen LogP contribution is -2.54. The lowest BCUT2D eigenvalue weighted by atomic mass is 10.1. The molecule has 1 aliphatic rings. The van der Waals surface area contributed by atoms with Crippen LogP contribution in [0.25, 0.3) is 0 Å². The summed E-state index contributed by atoms with van der Waals surface area (Å²) in [5, 5.41) is 4.15. The van der Waals surface area contributed by atoms with Gasteiger partial charge in [-0.25, -0.2) is 9.97 Å². The van der Waals surface area contributed by atoms with Crippen LogP contribution in [-0.4, -0.2) is 64.2 Å². The van der Waals surface area contributed by atoms with E-state index in [4.69, 9.17) is 23.2 Å². The van der Waals surface area contributed by atoms with E-state index in [9.17, 15) is 9.59 Å². The van der Waals surface area contributed by atoms with Crippen LogP contribution in [0.15, 0.2) is 35.5 Å². The molecule has 10 heteroatoms. The fourth-order valence-electron chi connectivity index (χ4n) is 3.42. The van der Waals surface area contributed by atoms with Crippen molar-refractivity contribution in [3.8, 4) is 0 Å². The van der Waals surface area contributed by atoms with Crippen molar-refractivity contribution in [2.24, 2.45) is 0 Å². The number of amides is 2. The fourth-order valence-corrected chi connectivity index (χ4v) is 4.53. The number of piperazine rings is 1. The smallest absolute Gasteiger partial charge is 0.255 e. The summed E-state index contributed by atoms with van der Waals surface area (Å²) in [6.07, 6.45) is 0.872. The molecule has 0 radical (unpaired) electrons. The summed E-state index contributed by atoms with van der Waals surface area (Å²) in [5.41, 5.74) is 0.508. The van der Waals surface area contributed by atoms with E-state index < -0.39 is 0 Å². The second kappa shape index (κ2) is 11.2. The first-order valence-electron chi connectivity index (χ1n) is 10.6. The molecule has 1 aromatic carbocycles. The third-order valence-corrected chi connectivity index (χ3v) is 6.70. The minimum atomic E-state index is -0.0768. The lowest BCUT2D eigenvalue weighted by Gasteiger charge is -2.40. The number of carbonyl (C=O) groups is 2. The predicted octanol–water partition coefficient (Wildman–Crippen LogP) is 4.14. The average molecular weight is 496 g/mol. The van der Waals surface area contributed by atoms with Gasteiger partial charge in [-0.1, -0.05) is 54.0 Å². The average Bonchev–Trinajstić information content (AvgIpc) is 2.77. The minimum absolute atomic E-state index is 0.0429. The Kier molecular flexibility index (Phi) is 8.62. The number of nitrogens with zero attached hydrogens (tertiary/aromatic N) is 4. The van der Waals surface area contributed by atoms with Crippen molar-refractivity contribution in [2.45, 2.75) is 44.4 Å². The van der Waals surface area contributed by atoms with Crippen LogP contribution >= 0.6 is 35.0 Å². The molecule has 1 saturated heterocycles. The number of hydrogen-bond acceptors (Lipinski definition) is 6. The number of halogens is 2. The normalized spacial score (nSPS) is 17.2. The van der Waals surface area contributed by atoms with Crippen molar-refractivity contribution in [2.75, 3.05) is 30.3 Å². The van der Waals surface area contributed by atoms with Crippen molar-refractivity contribution in [3.05, 3.63) is 46.1 Å². The molecule has 2 amide bonds. The van der Waals surface area contributed by atoms with Crippen LogP contribution in [0.2, 0.25) is 10.2 Å². The highest BCUT2D eigenvalue weighted by Gasteiger charge is 2.30. The van der Waals surface area contributed by atoms with E-state index in [1.807, 2.05) is 37.8 Å². The molecule has 1 fully saturated rings. The molecular weight excluding hydrogens is 469 g/mol. The van der Waals surface area contributed by atoms with Crippen LogP contribution in [-0.2, 0) is 4.79 Å². The summed E-state index contributed by atoms with van der Waals surface area (Å²) in [6, 6.07) is 8.89. The Labute approximate surface area is 202 Å². The molecule has 172 valence electrons. The maximum absolute atomic E-state index is 13.0. The molecule has 0 saturated carbocycles. The first kappa shape index (κ1) is 24.6. The largest absolute Gasteiger partial charge is 0.353 e. The van der Waals surface area contributed by atoms with Gasteiger partial charge in [0.2, 0.25) is 5.91 Å². The summed E-state index contributed by atoms with van der Waals surface area (Å²) >= 11 is 13.7. The van der Waals surface area contributed by atoms with E-state index in [-0.39, 0.29) is 29.7 Å². The fraction of sp³-hybridized carbons (Fsp3) is 0.455. The topological polar surface area (TPSA) is 78.4 Å². The summed E-state index contributed by atoms with van der Waals surface area (Å²) in [4.78, 5) is 37.8. The molecular formula is C22H27Cl2N5O2S. The number of anilines is 1. The van der Waals surface area contributed by atoms with Gasteiger partial charge >= 0.3 is 0 Å².